The Bertz CT molecular complexity index is 1010. The van der Waals surface area contributed by atoms with Gasteiger partial charge >= 0.3 is 0 Å². The fourth-order valence-corrected chi connectivity index (χ4v) is 4.52. The lowest BCUT2D eigenvalue weighted by atomic mass is 9.96. The van der Waals surface area contributed by atoms with Gasteiger partial charge in [0.1, 0.15) is 16.6 Å². The monoisotopic (exact) mass is 397 g/mol. The zero-order valence-electron chi connectivity index (χ0n) is 15.9. The van der Waals surface area contributed by atoms with Gasteiger partial charge in [-0.15, -0.1) is 11.3 Å². The van der Waals surface area contributed by atoms with E-state index in [0.29, 0.717) is 18.5 Å². The Hall–Kier alpha value is -2.64. The molecule has 0 spiro atoms. The molecule has 6 nitrogen and oxygen atoms in total. The van der Waals surface area contributed by atoms with Gasteiger partial charge in [0.05, 0.1) is 12.6 Å². The predicted octanol–water partition coefficient (Wildman–Crippen LogP) is 3.00. The molecule has 2 atom stereocenters. The summed E-state index contributed by atoms with van der Waals surface area (Å²) in [6, 6.07) is 10.8. The topological polar surface area (TPSA) is 85.4 Å². The molecule has 3 heterocycles. The number of nitrogens with zero attached hydrogens (tertiary/aromatic N) is 1. The van der Waals surface area contributed by atoms with Crippen LogP contribution in [0.1, 0.15) is 34.3 Å². The van der Waals surface area contributed by atoms with Crippen LogP contribution >= 0.6 is 11.3 Å². The van der Waals surface area contributed by atoms with E-state index in [0.717, 1.165) is 21.5 Å². The fourth-order valence-electron chi connectivity index (χ4n) is 3.61. The minimum absolute atomic E-state index is 0.191. The number of carbonyl (C=O) groups is 2. The second-order valence-corrected chi connectivity index (χ2v) is 8.45. The summed E-state index contributed by atoms with van der Waals surface area (Å²) in [5.74, 6) is -0.487. The van der Waals surface area contributed by atoms with Gasteiger partial charge < -0.3 is 20.3 Å². The molecule has 1 aromatic carbocycles. The van der Waals surface area contributed by atoms with Crippen LogP contribution in [-0.2, 0) is 11.2 Å². The number of aromatic amines is 1. The van der Waals surface area contributed by atoms with Crippen molar-refractivity contribution < 1.29 is 14.7 Å². The Kier molecular flexibility index (Phi) is 4.95. The highest BCUT2D eigenvalue weighted by atomic mass is 32.1. The van der Waals surface area contributed by atoms with Gasteiger partial charge in [0, 0.05) is 22.4 Å². The molecule has 0 saturated heterocycles. The third kappa shape index (κ3) is 3.43. The van der Waals surface area contributed by atoms with Gasteiger partial charge in [-0.1, -0.05) is 25.1 Å². The van der Waals surface area contributed by atoms with Gasteiger partial charge in [0.15, 0.2) is 0 Å². The first-order chi connectivity index (χ1) is 13.5. The van der Waals surface area contributed by atoms with Gasteiger partial charge in [-0.3, -0.25) is 9.59 Å². The van der Waals surface area contributed by atoms with Crippen LogP contribution in [0.4, 0.5) is 5.69 Å². The van der Waals surface area contributed by atoms with E-state index in [9.17, 15) is 14.7 Å². The smallest absolute Gasteiger partial charge is 0.268 e. The Balaban J connectivity index is 1.57. The van der Waals surface area contributed by atoms with E-state index in [1.807, 2.05) is 50.2 Å². The number of H-pyrrole nitrogens is 1. The number of hydrogen-bond donors (Lipinski definition) is 3. The van der Waals surface area contributed by atoms with E-state index in [4.69, 9.17) is 0 Å². The number of benzene rings is 1. The predicted molar refractivity (Wildman–Crippen MR) is 111 cm³/mol. The number of fused-ring (bicyclic) bond motifs is 2. The summed E-state index contributed by atoms with van der Waals surface area (Å²) < 4.78 is 0. The number of carbonyl (C=O) groups excluding carboxylic acids is 2. The van der Waals surface area contributed by atoms with Crippen LogP contribution < -0.4 is 10.2 Å². The van der Waals surface area contributed by atoms with E-state index in [-0.39, 0.29) is 18.4 Å². The van der Waals surface area contributed by atoms with Crippen molar-refractivity contribution in [2.45, 2.75) is 38.8 Å². The zero-order valence-corrected chi connectivity index (χ0v) is 16.7. The third-order valence-electron chi connectivity index (χ3n) is 5.12. The average Bonchev–Trinajstić information content (AvgIpc) is 3.22. The molecule has 3 N–H and O–H groups in total. The molecule has 0 saturated carbocycles. The second-order valence-electron chi connectivity index (χ2n) is 7.19. The number of aryl methyl sites for hydroxylation is 1. The van der Waals surface area contributed by atoms with Crippen LogP contribution in [0, 0.1) is 6.92 Å². The standard InChI is InChI=1S/C21H23N3O3S/c1-3-15(25)11-24-18-7-5-4-6-13(18)9-17(21(24)27)22-19(26)16-10-14-8-12(2)28-20(14)23-16/h4-8,10,15,17,23,25H,3,9,11H2,1-2H3,(H,22,26). The number of aliphatic hydroxyl groups is 1. The highest BCUT2D eigenvalue weighted by molar-refractivity contribution is 7.18. The molecule has 1 aliphatic heterocycles. The maximum atomic E-state index is 13.1. The van der Waals surface area contributed by atoms with Crippen molar-refractivity contribution in [1.82, 2.24) is 10.3 Å². The summed E-state index contributed by atoms with van der Waals surface area (Å²) in [6.45, 7) is 4.12. The van der Waals surface area contributed by atoms with Crippen molar-refractivity contribution in [3.63, 3.8) is 0 Å². The highest BCUT2D eigenvalue weighted by Crippen LogP contribution is 2.29. The van der Waals surface area contributed by atoms with Crippen LogP contribution in [0.3, 0.4) is 0 Å². The molecule has 0 bridgehead atoms. The van der Waals surface area contributed by atoms with Gasteiger partial charge in [-0.05, 0) is 37.1 Å². The SMILES string of the molecule is CCC(O)CN1C(=O)C(NC(=O)c2cc3cc(C)sc3[nH]2)Cc2ccccc21. The normalized spacial score (nSPS) is 17.6. The number of aromatic nitrogens is 1. The molecule has 0 aliphatic carbocycles. The minimum atomic E-state index is -0.658. The molecule has 2 aromatic heterocycles. The van der Waals surface area contributed by atoms with Gasteiger partial charge in [-0.2, -0.15) is 0 Å². The van der Waals surface area contributed by atoms with Crippen LogP contribution in [0.5, 0.6) is 0 Å². The van der Waals surface area contributed by atoms with Crippen molar-refractivity contribution in [2.75, 3.05) is 11.4 Å². The second kappa shape index (κ2) is 7.41. The van der Waals surface area contributed by atoms with E-state index >= 15 is 0 Å². The Morgan fingerprint density at radius 3 is 2.93 bits per heavy atom. The first-order valence-electron chi connectivity index (χ1n) is 9.43. The maximum Gasteiger partial charge on any atom is 0.268 e. The number of para-hydroxylation sites is 1. The third-order valence-corrected chi connectivity index (χ3v) is 6.10. The molecule has 0 radical (unpaired) electrons. The van der Waals surface area contributed by atoms with Gasteiger partial charge in [-0.25, -0.2) is 0 Å². The Labute approximate surface area is 167 Å². The molecule has 1 aliphatic rings. The van der Waals surface area contributed by atoms with Crippen LogP contribution in [-0.4, -0.2) is 40.6 Å². The first-order valence-corrected chi connectivity index (χ1v) is 10.2. The summed E-state index contributed by atoms with van der Waals surface area (Å²) in [5, 5.41) is 14.0. The molecule has 0 fully saturated rings. The lowest BCUT2D eigenvalue weighted by Gasteiger charge is -2.35. The van der Waals surface area contributed by atoms with Crippen molar-refractivity contribution in [2.24, 2.45) is 0 Å². The van der Waals surface area contributed by atoms with Crippen molar-refractivity contribution in [1.29, 1.82) is 0 Å². The number of anilines is 1. The summed E-state index contributed by atoms with van der Waals surface area (Å²) in [5.41, 5.74) is 2.24. The number of nitrogens with one attached hydrogen (secondary N) is 2. The minimum Gasteiger partial charge on any atom is -0.391 e. The molecule has 146 valence electrons. The molecule has 7 heteroatoms. The number of thiophene rings is 1. The molecule has 3 aromatic rings. The summed E-state index contributed by atoms with van der Waals surface area (Å²) in [4.78, 5) is 32.7. The van der Waals surface area contributed by atoms with Crippen LogP contribution in [0.25, 0.3) is 10.2 Å². The number of aliphatic hydroxyl groups excluding tert-OH is 1. The molecule has 28 heavy (non-hydrogen) atoms. The Morgan fingerprint density at radius 2 is 2.18 bits per heavy atom. The highest BCUT2D eigenvalue weighted by Gasteiger charge is 2.34. The zero-order chi connectivity index (χ0) is 19.8. The van der Waals surface area contributed by atoms with Crippen molar-refractivity contribution in [3.05, 3.63) is 52.5 Å². The van der Waals surface area contributed by atoms with E-state index in [1.54, 1.807) is 16.2 Å². The lowest BCUT2D eigenvalue weighted by Crippen LogP contribution is -2.54. The van der Waals surface area contributed by atoms with Crippen LogP contribution in [0.15, 0.2) is 36.4 Å². The number of β-amino-alcohol motifs (C(OH)–C–C–N with tert-alkyl or cyclic N) is 1. The fraction of sp³-hybridized carbons (Fsp3) is 0.333. The molecule has 4 rings (SSSR count). The van der Waals surface area contributed by atoms with Crippen molar-refractivity contribution >= 4 is 39.1 Å². The Morgan fingerprint density at radius 1 is 1.39 bits per heavy atom. The van der Waals surface area contributed by atoms with Crippen molar-refractivity contribution in [3.8, 4) is 0 Å². The van der Waals surface area contributed by atoms with E-state index in [2.05, 4.69) is 10.3 Å². The summed E-state index contributed by atoms with van der Waals surface area (Å²) >= 11 is 1.60. The molecular formula is C21H23N3O3S. The number of amides is 2. The molecule has 2 amide bonds. The summed E-state index contributed by atoms with van der Waals surface area (Å²) in [7, 11) is 0. The maximum absolute atomic E-state index is 13.1. The number of hydrogen-bond acceptors (Lipinski definition) is 4. The van der Waals surface area contributed by atoms with Gasteiger partial charge in [0.2, 0.25) is 5.91 Å². The van der Waals surface area contributed by atoms with E-state index < -0.39 is 12.1 Å². The van der Waals surface area contributed by atoms with E-state index in [1.165, 1.54) is 4.88 Å². The first kappa shape index (κ1) is 18.7. The van der Waals surface area contributed by atoms with Crippen LogP contribution in [0.2, 0.25) is 0 Å². The number of rotatable bonds is 5. The van der Waals surface area contributed by atoms with Gasteiger partial charge in [0.25, 0.3) is 5.91 Å². The largest absolute Gasteiger partial charge is 0.391 e. The summed E-state index contributed by atoms with van der Waals surface area (Å²) in [6.07, 6.45) is 0.389. The molecule has 2 unspecified atom stereocenters. The lowest BCUT2D eigenvalue weighted by molar-refractivity contribution is -0.121. The molecular weight excluding hydrogens is 374 g/mol. The average molecular weight is 398 g/mol. The quantitative estimate of drug-likeness (QED) is 0.619.